The van der Waals surface area contributed by atoms with Crippen molar-refractivity contribution >= 4 is 23.3 Å². The topological polar surface area (TPSA) is 58.9 Å². The fraction of sp³-hybridized carbons (Fsp3) is 0.200. The molecule has 0 aliphatic carbocycles. The smallest absolute Gasteiger partial charge is 0.350 e. The van der Waals surface area contributed by atoms with E-state index >= 15 is 0 Å². The molecule has 1 aromatic heterocycles. The van der Waals surface area contributed by atoms with E-state index in [2.05, 4.69) is 9.99 Å². The van der Waals surface area contributed by atoms with Gasteiger partial charge in [0.1, 0.15) is 0 Å². The Hall–Kier alpha value is -2.19. The molecule has 2 aromatic rings. The predicted octanol–water partition coefficient (Wildman–Crippen LogP) is 3.60. The third-order valence-electron chi connectivity index (χ3n) is 3.40. The van der Waals surface area contributed by atoms with Crippen molar-refractivity contribution in [2.24, 2.45) is 5.16 Å². The maximum Gasteiger partial charge on any atom is 0.458 e. The number of alkyl halides is 3. The average molecular weight is 341 g/mol. The van der Waals surface area contributed by atoms with Gasteiger partial charge in [-0.25, -0.2) is 0 Å². The van der Waals surface area contributed by atoms with Crippen molar-refractivity contribution in [1.82, 2.24) is 0 Å². The highest BCUT2D eigenvalue weighted by Gasteiger charge is 2.60. The molecule has 0 saturated heterocycles. The standard InChI is InChI=1S/C15H10F3NO3S/c16-15(17,18)14(21)7-12(19-22-14)9-1-3-10(4-2-9)13-6-5-11(8-20)23-13/h1-6,8,21H,7H2. The van der Waals surface area contributed by atoms with Crippen molar-refractivity contribution in [2.45, 2.75) is 18.4 Å². The lowest BCUT2D eigenvalue weighted by Crippen LogP contribution is -2.45. The molecule has 1 aromatic carbocycles. The van der Waals surface area contributed by atoms with Crippen LogP contribution in [0.5, 0.6) is 0 Å². The number of oxime groups is 1. The zero-order chi connectivity index (χ0) is 16.7. The maximum absolute atomic E-state index is 12.7. The van der Waals surface area contributed by atoms with Crippen LogP contribution in [0.3, 0.4) is 0 Å². The van der Waals surface area contributed by atoms with Gasteiger partial charge in [0.15, 0.2) is 6.29 Å². The van der Waals surface area contributed by atoms with Crippen LogP contribution in [-0.4, -0.2) is 29.1 Å². The summed E-state index contributed by atoms with van der Waals surface area (Å²) in [5.41, 5.74) is 1.29. The summed E-state index contributed by atoms with van der Waals surface area (Å²) in [5, 5.41) is 12.8. The Labute approximate surface area is 132 Å². The molecule has 1 atom stereocenters. The molecule has 0 spiro atoms. The van der Waals surface area contributed by atoms with Gasteiger partial charge in [0.2, 0.25) is 0 Å². The molecule has 1 aliphatic heterocycles. The second kappa shape index (κ2) is 5.47. The number of nitrogens with zero attached hydrogens (tertiary/aromatic N) is 1. The summed E-state index contributed by atoms with van der Waals surface area (Å²) < 4.78 is 38.0. The van der Waals surface area contributed by atoms with Crippen molar-refractivity contribution < 1.29 is 27.9 Å². The molecule has 1 N–H and O–H groups in total. The van der Waals surface area contributed by atoms with E-state index in [0.717, 1.165) is 16.7 Å². The maximum atomic E-state index is 12.7. The van der Waals surface area contributed by atoms with Crippen molar-refractivity contribution in [2.75, 3.05) is 0 Å². The summed E-state index contributed by atoms with van der Waals surface area (Å²) >= 11 is 1.32. The normalized spacial score (nSPS) is 21.0. The van der Waals surface area contributed by atoms with E-state index in [0.29, 0.717) is 10.4 Å². The minimum absolute atomic E-state index is 0.0242. The molecule has 1 aliphatic rings. The zero-order valence-corrected chi connectivity index (χ0v) is 12.3. The molecule has 0 fully saturated rings. The Kier molecular flexibility index (Phi) is 3.73. The highest BCUT2D eigenvalue weighted by Crippen LogP contribution is 2.39. The Morgan fingerprint density at radius 2 is 1.83 bits per heavy atom. The Morgan fingerprint density at radius 3 is 2.35 bits per heavy atom. The lowest BCUT2D eigenvalue weighted by Gasteiger charge is -2.22. The van der Waals surface area contributed by atoms with Gasteiger partial charge < -0.3 is 9.94 Å². The molecule has 0 saturated carbocycles. The van der Waals surface area contributed by atoms with E-state index in [1.807, 2.05) is 0 Å². The number of thiophene rings is 1. The van der Waals surface area contributed by atoms with Crippen molar-refractivity contribution in [3.63, 3.8) is 0 Å². The second-order valence-corrected chi connectivity index (χ2v) is 6.10. The van der Waals surface area contributed by atoms with Crippen molar-refractivity contribution in [1.29, 1.82) is 0 Å². The summed E-state index contributed by atoms with van der Waals surface area (Å²) in [5.74, 6) is -3.27. The SMILES string of the molecule is O=Cc1ccc(-c2ccc(C3=NOC(O)(C(F)(F)F)C3)cc2)s1. The van der Waals surface area contributed by atoms with Gasteiger partial charge in [-0.15, -0.1) is 11.3 Å². The molecule has 120 valence electrons. The van der Waals surface area contributed by atoms with E-state index < -0.39 is 18.4 Å². The first-order valence-corrected chi connectivity index (χ1v) is 7.34. The second-order valence-electron chi connectivity index (χ2n) is 4.99. The highest BCUT2D eigenvalue weighted by molar-refractivity contribution is 7.17. The first kappa shape index (κ1) is 15.7. The first-order valence-electron chi connectivity index (χ1n) is 6.52. The van der Waals surface area contributed by atoms with Crippen molar-refractivity contribution in [3.8, 4) is 10.4 Å². The molecular formula is C15H10F3NO3S. The fourth-order valence-corrected chi connectivity index (χ4v) is 2.96. The first-order chi connectivity index (χ1) is 10.8. The monoisotopic (exact) mass is 341 g/mol. The van der Waals surface area contributed by atoms with Crippen LogP contribution in [0.15, 0.2) is 41.6 Å². The molecule has 1 unspecified atom stereocenters. The zero-order valence-electron chi connectivity index (χ0n) is 11.5. The highest BCUT2D eigenvalue weighted by atomic mass is 32.1. The van der Waals surface area contributed by atoms with Crippen LogP contribution in [0, 0.1) is 0 Å². The van der Waals surface area contributed by atoms with E-state index in [1.54, 1.807) is 36.4 Å². The molecule has 8 heteroatoms. The van der Waals surface area contributed by atoms with E-state index in [4.69, 9.17) is 0 Å². The fourth-order valence-electron chi connectivity index (χ4n) is 2.13. The van der Waals surface area contributed by atoms with Gasteiger partial charge in [0, 0.05) is 4.88 Å². The number of rotatable bonds is 3. The number of carbonyl (C=O) groups excluding carboxylic acids is 1. The molecule has 0 radical (unpaired) electrons. The van der Waals surface area contributed by atoms with Crippen LogP contribution in [-0.2, 0) is 4.84 Å². The van der Waals surface area contributed by atoms with Gasteiger partial charge >= 0.3 is 12.0 Å². The van der Waals surface area contributed by atoms with Crippen LogP contribution in [0.2, 0.25) is 0 Å². The minimum atomic E-state index is -4.92. The third-order valence-corrected chi connectivity index (χ3v) is 4.46. The van der Waals surface area contributed by atoms with Gasteiger partial charge in [-0.05, 0) is 23.3 Å². The Bertz CT molecular complexity index is 767. The Balaban J connectivity index is 1.80. The van der Waals surface area contributed by atoms with E-state index in [1.165, 1.54) is 11.3 Å². The van der Waals surface area contributed by atoms with Gasteiger partial charge in [0.05, 0.1) is 17.0 Å². The molecular weight excluding hydrogens is 331 g/mol. The number of aldehydes is 1. The summed E-state index contributed by atoms with van der Waals surface area (Å²) in [6.45, 7) is 0. The summed E-state index contributed by atoms with van der Waals surface area (Å²) in [4.78, 5) is 16.3. The molecule has 0 bridgehead atoms. The number of hydrogen-bond donors (Lipinski definition) is 1. The number of halogens is 3. The van der Waals surface area contributed by atoms with Crippen LogP contribution >= 0.6 is 11.3 Å². The summed E-state index contributed by atoms with van der Waals surface area (Å²) in [6.07, 6.45) is -4.92. The van der Waals surface area contributed by atoms with Gasteiger partial charge in [-0.2, -0.15) is 13.2 Å². The van der Waals surface area contributed by atoms with Gasteiger partial charge in [-0.1, -0.05) is 29.4 Å². The van der Waals surface area contributed by atoms with Crippen LogP contribution in [0.25, 0.3) is 10.4 Å². The minimum Gasteiger partial charge on any atom is -0.350 e. The molecule has 4 nitrogen and oxygen atoms in total. The van der Waals surface area contributed by atoms with Crippen LogP contribution < -0.4 is 0 Å². The van der Waals surface area contributed by atoms with Crippen LogP contribution in [0.1, 0.15) is 21.7 Å². The molecule has 23 heavy (non-hydrogen) atoms. The number of aliphatic hydroxyl groups is 1. The summed E-state index contributed by atoms with van der Waals surface area (Å²) in [7, 11) is 0. The lowest BCUT2D eigenvalue weighted by molar-refractivity contribution is -0.355. The van der Waals surface area contributed by atoms with Crippen LogP contribution in [0.4, 0.5) is 13.2 Å². The molecule has 2 heterocycles. The average Bonchev–Trinajstić information content (AvgIpc) is 3.14. The number of carbonyl (C=O) groups is 1. The largest absolute Gasteiger partial charge is 0.458 e. The quantitative estimate of drug-likeness (QED) is 0.868. The lowest BCUT2D eigenvalue weighted by atomic mass is 10.0. The summed E-state index contributed by atoms with van der Waals surface area (Å²) in [6, 6.07) is 10.1. The van der Waals surface area contributed by atoms with E-state index in [-0.39, 0.29) is 5.71 Å². The third kappa shape index (κ3) is 2.87. The predicted molar refractivity (Wildman–Crippen MR) is 78.4 cm³/mol. The number of hydrogen-bond acceptors (Lipinski definition) is 5. The Morgan fingerprint density at radius 1 is 1.17 bits per heavy atom. The number of benzene rings is 1. The van der Waals surface area contributed by atoms with Crippen molar-refractivity contribution in [3.05, 3.63) is 46.8 Å². The van der Waals surface area contributed by atoms with Gasteiger partial charge in [-0.3, -0.25) is 4.79 Å². The van der Waals surface area contributed by atoms with E-state index in [9.17, 15) is 23.1 Å². The molecule has 3 rings (SSSR count). The molecule has 0 amide bonds. The van der Waals surface area contributed by atoms with Gasteiger partial charge in [0.25, 0.3) is 0 Å².